The van der Waals surface area contributed by atoms with E-state index in [1.54, 1.807) is 0 Å². The summed E-state index contributed by atoms with van der Waals surface area (Å²) in [5.74, 6) is 3.26. The van der Waals surface area contributed by atoms with E-state index >= 15 is 0 Å². The number of nitrogens with zero attached hydrogens (tertiary/aromatic N) is 2. The second-order valence-corrected chi connectivity index (χ2v) is 12.6. The van der Waals surface area contributed by atoms with Gasteiger partial charge in [-0.1, -0.05) is 52.4 Å². The minimum absolute atomic E-state index is 0.209. The van der Waals surface area contributed by atoms with Crippen molar-refractivity contribution in [2.24, 2.45) is 0 Å². The van der Waals surface area contributed by atoms with Gasteiger partial charge in [0.15, 0.2) is 23.0 Å². The highest BCUT2D eigenvalue weighted by Crippen LogP contribution is 2.38. The highest BCUT2D eigenvalue weighted by molar-refractivity contribution is 5.61. The first kappa shape index (κ1) is 32.6. The van der Waals surface area contributed by atoms with Crippen LogP contribution in [0.4, 0.5) is 11.4 Å². The molecular weight excluding hydrogens is 556 g/mol. The maximum atomic E-state index is 6.30. The fourth-order valence-electron chi connectivity index (χ4n) is 5.78. The molecule has 3 heterocycles. The number of rotatable bonds is 20. The topological polar surface area (TPSA) is 68.5 Å². The Bertz CT molecular complexity index is 1060. The summed E-state index contributed by atoms with van der Waals surface area (Å²) < 4.78 is 35.5. The van der Waals surface area contributed by atoms with E-state index in [2.05, 4.69) is 73.9 Å². The summed E-state index contributed by atoms with van der Waals surface area (Å²) in [7, 11) is 0. The highest BCUT2D eigenvalue weighted by atomic mass is 16.6. The molecule has 3 saturated heterocycles. The Morgan fingerprint density at radius 1 is 0.591 bits per heavy atom. The Morgan fingerprint density at radius 3 is 1.41 bits per heavy atom. The van der Waals surface area contributed by atoms with Crippen LogP contribution >= 0.6 is 0 Å². The average Bonchev–Trinajstić information content (AvgIpc) is 3.96. The zero-order valence-corrected chi connectivity index (χ0v) is 27.4. The summed E-state index contributed by atoms with van der Waals surface area (Å²) in [5, 5.41) is 0. The predicted octanol–water partition coefficient (Wildman–Crippen LogP) is 7.26. The molecule has 8 nitrogen and oxygen atoms in total. The Kier molecular flexibility index (Phi) is 12.2. The Morgan fingerprint density at radius 2 is 1.02 bits per heavy atom. The van der Waals surface area contributed by atoms with Gasteiger partial charge in [0.25, 0.3) is 0 Å². The van der Waals surface area contributed by atoms with Crippen LogP contribution in [-0.4, -0.2) is 77.0 Å². The quantitative estimate of drug-likeness (QED) is 0.115. The maximum Gasteiger partial charge on any atom is 0.163 e. The van der Waals surface area contributed by atoms with E-state index in [1.807, 2.05) is 0 Å². The standard InChI is InChI=1S/C36H54N2O6/c1-5-7-9-11-17-39-35-19-29(13-15-33(35)43-25-31-23-41-31)37-21-28(4)38(22-27(37)3)30-14-16-34(44-26-32-24-42-32)36(20-30)40-18-12-10-8-6-2/h13-16,19-20,27-28,31-32H,5-12,17-18,21-26H2,1-4H3. The average molecular weight is 611 g/mol. The monoisotopic (exact) mass is 610 g/mol. The van der Waals surface area contributed by atoms with Gasteiger partial charge in [0.2, 0.25) is 0 Å². The van der Waals surface area contributed by atoms with E-state index in [9.17, 15) is 0 Å². The number of ether oxygens (including phenoxy) is 6. The molecule has 0 bridgehead atoms. The lowest BCUT2D eigenvalue weighted by molar-refractivity contribution is 0.239. The zero-order chi connectivity index (χ0) is 30.7. The molecule has 2 aromatic rings. The van der Waals surface area contributed by atoms with Crippen molar-refractivity contribution in [1.29, 1.82) is 0 Å². The van der Waals surface area contributed by atoms with Gasteiger partial charge in [-0.2, -0.15) is 0 Å². The van der Waals surface area contributed by atoms with Crippen LogP contribution in [0.15, 0.2) is 36.4 Å². The maximum absolute atomic E-state index is 6.30. The van der Waals surface area contributed by atoms with E-state index in [0.29, 0.717) is 38.5 Å². The van der Waals surface area contributed by atoms with Gasteiger partial charge in [-0.05, 0) is 51.0 Å². The van der Waals surface area contributed by atoms with Crippen molar-refractivity contribution in [3.63, 3.8) is 0 Å². The van der Waals surface area contributed by atoms with Crippen LogP contribution in [0.1, 0.15) is 79.1 Å². The highest BCUT2D eigenvalue weighted by Gasteiger charge is 2.31. The van der Waals surface area contributed by atoms with Gasteiger partial charge in [0.1, 0.15) is 25.4 Å². The van der Waals surface area contributed by atoms with Gasteiger partial charge in [-0.3, -0.25) is 0 Å². The van der Waals surface area contributed by atoms with Gasteiger partial charge in [0, 0.05) is 48.7 Å². The number of anilines is 2. The Hall–Kier alpha value is -2.84. The third kappa shape index (κ3) is 9.58. The summed E-state index contributed by atoms with van der Waals surface area (Å²) in [4.78, 5) is 4.99. The van der Waals surface area contributed by atoms with E-state index in [-0.39, 0.29) is 12.2 Å². The summed E-state index contributed by atoms with van der Waals surface area (Å²) in [6.07, 6.45) is 9.81. The molecule has 244 valence electrons. The van der Waals surface area contributed by atoms with E-state index < -0.39 is 0 Å². The molecule has 3 aliphatic heterocycles. The molecule has 0 N–H and O–H groups in total. The molecule has 8 heteroatoms. The minimum Gasteiger partial charge on any atom is -0.490 e. The van der Waals surface area contributed by atoms with Crippen LogP contribution in [0.2, 0.25) is 0 Å². The third-order valence-electron chi connectivity index (χ3n) is 8.67. The molecular formula is C36H54N2O6. The van der Waals surface area contributed by atoms with Crippen molar-refractivity contribution < 1.29 is 28.4 Å². The smallest absolute Gasteiger partial charge is 0.163 e. The summed E-state index contributed by atoms with van der Waals surface area (Å²) in [5.41, 5.74) is 2.34. The lowest BCUT2D eigenvalue weighted by atomic mass is 10.1. The Labute approximate surface area is 264 Å². The molecule has 4 atom stereocenters. The van der Waals surface area contributed by atoms with Gasteiger partial charge in [0.05, 0.1) is 26.4 Å². The van der Waals surface area contributed by atoms with Crippen LogP contribution in [-0.2, 0) is 9.47 Å². The number of piperazine rings is 1. The molecule has 0 amide bonds. The van der Waals surface area contributed by atoms with Gasteiger partial charge < -0.3 is 38.2 Å². The summed E-state index contributed by atoms with van der Waals surface area (Å²) in [6, 6.07) is 13.4. The fraction of sp³-hybridized carbons (Fsp3) is 0.667. The number of unbranched alkanes of at least 4 members (excludes halogenated alkanes) is 6. The lowest BCUT2D eigenvalue weighted by Gasteiger charge is -2.46. The van der Waals surface area contributed by atoms with Crippen LogP contribution in [0.5, 0.6) is 23.0 Å². The third-order valence-corrected chi connectivity index (χ3v) is 8.67. The molecule has 2 aromatic carbocycles. The number of hydrogen-bond acceptors (Lipinski definition) is 8. The van der Waals surface area contributed by atoms with E-state index in [0.717, 1.165) is 62.1 Å². The van der Waals surface area contributed by atoms with Crippen LogP contribution in [0, 0.1) is 0 Å². The molecule has 0 aliphatic carbocycles. The van der Waals surface area contributed by atoms with E-state index in [4.69, 9.17) is 28.4 Å². The number of epoxide rings is 2. The molecule has 4 unspecified atom stereocenters. The molecule has 3 fully saturated rings. The first-order valence-electron chi connectivity index (χ1n) is 17.1. The van der Waals surface area contributed by atoms with Crippen molar-refractivity contribution >= 4 is 11.4 Å². The van der Waals surface area contributed by atoms with Gasteiger partial charge in [-0.25, -0.2) is 0 Å². The first-order chi connectivity index (χ1) is 21.6. The van der Waals surface area contributed by atoms with Crippen LogP contribution in [0.25, 0.3) is 0 Å². The molecule has 0 spiro atoms. The molecule has 0 aromatic heterocycles. The zero-order valence-electron chi connectivity index (χ0n) is 27.4. The minimum atomic E-state index is 0.209. The molecule has 0 radical (unpaired) electrons. The SMILES string of the molecule is CCCCCCOc1cc(N2CC(C)N(c3ccc(OCC4CO4)c(OCCCCCC)c3)CC2C)ccc1OCC1CO1. The summed E-state index contributed by atoms with van der Waals surface area (Å²) in [6.45, 7) is 15.0. The summed E-state index contributed by atoms with van der Waals surface area (Å²) >= 11 is 0. The van der Waals surface area contributed by atoms with Gasteiger partial charge >= 0.3 is 0 Å². The Balaban J connectivity index is 1.25. The predicted molar refractivity (Wildman–Crippen MR) is 176 cm³/mol. The van der Waals surface area contributed by atoms with Crippen molar-refractivity contribution in [3.8, 4) is 23.0 Å². The number of hydrogen-bond donors (Lipinski definition) is 0. The first-order valence-corrected chi connectivity index (χ1v) is 17.1. The molecule has 3 aliphatic rings. The molecule has 5 rings (SSSR count). The van der Waals surface area contributed by atoms with Crippen molar-refractivity contribution in [2.45, 2.75) is 103 Å². The van der Waals surface area contributed by atoms with Crippen LogP contribution < -0.4 is 28.7 Å². The second-order valence-electron chi connectivity index (χ2n) is 12.6. The van der Waals surface area contributed by atoms with Gasteiger partial charge in [-0.15, -0.1) is 0 Å². The molecule has 0 saturated carbocycles. The van der Waals surface area contributed by atoms with E-state index in [1.165, 1.54) is 49.9 Å². The lowest BCUT2D eigenvalue weighted by Crippen LogP contribution is -2.56. The number of benzene rings is 2. The molecule has 44 heavy (non-hydrogen) atoms. The second kappa shape index (κ2) is 16.5. The van der Waals surface area contributed by atoms with Crippen molar-refractivity contribution in [2.75, 3.05) is 62.5 Å². The normalized spacial score (nSPS) is 22.5. The fourth-order valence-corrected chi connectivity index (χ4v) is 5.78. The van der Waals surface area contributed by atoms with Crippen molar-refractivity contribution in [1.82, 2.24) is 0 Å². The van der Waals surface area contributed by atoms with Crippen molar-refractivity contribution in [3.05, 3.63) is 36.4 Å². The van der Waals surface area contributed by atoms with Crippen LogP contribution in [0.3, 0.4) is 0 Å². The largest absolute Gasteiger partial charge is 0.490 e.